The topological polar surface area (TPSA) is 194 Å². The molecule has 4 bridgehead atoms. The van der Waals surface area contributed by atoms with Gasteiger partial charge in [0.1, 0.15) is 6.04 Å². The molecule has 0 aromatic carbocycles. The van der Waals surface area contributed by atoms with Gasteiger partial charge in [-0.15, -0.1) is 0 Å². The molecule has 3 unspecified atom stereocenters. The van der Waals surface area contributed by atoms with E-state index in [2.05, 4.69) is 21.3 Å². The maximum atomic E-state index is 13.8. The second-order valence-corrected chi connectivity index (χ2v) is 12.4. The molecule has 4 atom stereocenters. The van der Waals surface area contributed by atoms with Gasteiger partial charge < -0.3 is 36.4 Å². The summed E-state index contributed by atoms with van der Waals surface area (Å²) in [6, 6.07) is -2.76. The third-order valence-corrected chi connectivity index (χ3v) is 10.3. The highest BCUT2D eigenvalue weighted by Gasteiger charge is 2.74. The molecule has 200 valence electrons. The van der Waals surface area contributed by atoms with Crippen LogP contribution < -0.4 is 21.3 Å². The van der Waals surface area contributed by atoms with Crippen LogP contribution in [0.25, 0.3) is 0 Å². The summed E-state index contributed by atoms with van der Waals surface area (Å²) in [7, 11) is 0. The van der Waals surface area contributed by atoms with Crippen LogP contribution in [0.15, 0.2) is 0 Å². The standard InChI is InChI=1S/C24H34N8O5/c25-20-29-18-14(9-31-16(33)1-2-17(31)34)27-21(26)32-10-15(24(36,37)23(18,32)30-20)28-19(35)22-6-11-3-12(7-22)5-13(4-11)8-22/h11-15,18,36-37H,1-10H2,(H2,26,27)(H,28,35)(H3,25,29,30)/t11?,12?,13?,14-,15?,18?,22?,23?/m0/s1. The number of hydrogen-bond acceptors (Lipinski definition) is 7. The number of imide groups is 1. The Morgan fingerprint density at radius 3 is 2.19 bits per heavy atom. The molecule has 8 N–H and O–H groups in total. The zero-order chi connectivity index (χ0) is 25.9. The van der Waals surface area contributed by atoms with Crippen LogP contribution in [0, 0.1) is 34.0 Å². The summed E-state index contributed by atoms with van der Waals surface area (Å²) in [4.78, 5) is 40.9. The average molecular weight is 515 g/mol. The largest absolute Gasteiger partial charge is 0.361 e. The second kappa shape index (κ2) is 7.34. The predicted octanol–water partition coefficient (Wildman–Crippen LogP) is -2.07. The van der Waals surface area contributed by atoms with Crippen molar-refractivity contribution in [3.63, 3.8) is 0 Å². The Balaban J connectivity index is 1.17. The van der Waals surface area contributed by atoms with E-state index in [9.17, 15) is 24.6 Å². The highest BCUT2D eigenvalue weighted by Crippen LogP contribution is 2.60. The summed E-state index contributed by atoms with van der Waals surface area (Å²) in [6.45, 7) is -0.133. The van der Waals surface area contributed by atoms with Crippen molar-refractivity contribution in [2.45, 2.75) is 80.9 Å². The molecular weight excluding hydrogens is 480 g/mol. The molecule has 4 aliphatic carbocycles. The molecule has 4 aliphatic heterocycles. The second-order valence-electron chi connectivity index (χ2n) is 12.4. The van der Waals surface area contributed by atoms with Gasteiger partial charge in [-0.3, -0.25) is 30.1 Å². The van der Waals surface area contributed by atoms with Crippen LogP contribution in [0.4, 0.5) is 0 Å². The van der Waals surface area contributed by atoms with Gasteiger partial charge in [0.25, 0.3) is 0 Å². The summed E-state index contributed by atoms with van der Waals surface area (Å²) >= 11 is 0. The van der Waals surface area contributed by atoms with E-state index >= 15 is 0 Å². The Hall–Kier alpha value is -2.93. The van der Waals surface area contributed by atoms with Crippen molar-refractivity contribution in [3.05, 3.63) is 0 Å². The highest BCUT2D eigenvalue weighted by atomic mass is 16.5. The summed E-state index contributed by atoms with van der Waals surface area (Å²) in [5.41, 5.74) is -2.23. The summed E-state index contributed by atoms with van der Waals surface area (Å²) in [5.74, 6) is -1.99. The number of guanidine groups is 2. The molecule has 1 spiro atoms. The van der Waals surface area contributed by atoms with Crippen molar-refractivity contribution in [2.24, 2.45) is 23.2 Å². The van der Waals surface area contributed by atoms with Crippen LogP contribution in [0.2, 0.25) is 0 Å². The fourth-order valence-corrected chi connectivity index (χ4v) is 9.06. The van der Waals surface area contributed by atoms with Crippen LogP contribution in [-0.4, -0.2) is 92.3 Å². The first-order valence-electron chi connectivity index (χ1n) is 13.4. The quantitative estimate of drug-likeness (QED) is 0.154. The summed E-state index contributed by atoms with van der Waals surface area (Å²) in [6.07, 6.45) is 6.29. The zero-order valence-corrected chi connectivity index (χ0v) is 20.5. The minimum absolute atomic E-state index is 0.0519. The lowest BCUT2D eigenvalue weighted by Gasteiger charge is -2.56. The molecule has 13 nitrogen and oxygen atoms in total. The number of rotatable bonds is 4. The lowest BCUT2D eigenvalue weighted by Crippen LogP contribution is -2.81. The van der Waals surface area contributed by atoms with E-state index in [0.717, 1.165) is 24.2 Å². The Morgan fingerprint density at radius 1 is 1.00 bits per heavy atom. The molecular formula is C24H34N8O5. The van der Waals surface area contributed by atoms with Crippen LogP contribution in [0.5, 0.6) is 0 Å². The smallest absolute Gasteiger partial charge is 0.231 e. The molecule has 0 radical (unpaired) electrons. The third-order valence-electron chi connectivity index (χ3n) is 10.3. The van der Waals surface area contributed by atoms with Crippen molar-refractivity contribution < 1.29 is 24.6 Å². The Kier molecular flexibility index (Phi) is 4.60. The molecule has 0 aromatic heterocycles. The maximum Gasteiger partial charge on any atom is 0.231 e. The van der Waals surface area contributed by atoms with Crippen molar-refractivity contribution >= 4 is 29.6 Å². The number of carbonyl (C=O) groups is 3. The lowest BCUT2D eigenvalue weighted by atomic mass is 9.49. The van der Waals surface area contributed by atoms with E-state index in [4.69, 9.17) is 10.8 Å². The van der Waals surface area contributed by atoms with Gasteiger partial charge in [0.2, 0.25) is 23.5 Å². The molecule has 8 rings (SSSR count). The molecule has 8 fully saturated rings. The molecule has 4 heterocycles. The fourth-order valence-electron chi connectivity index (χ4n) is 9.06. The van der Waals surface area contributed by atoms with Gasteiger partial charge in [-0.1, -0.05) is 0 Å². The maximum absolute atomic E-state index is 13.8. The van der Waals surface area contributed by atoms with Crippen molar-refractivity contribution in [3.8, 4) is 0 Å². The van der Waals surface area contributed by atoms with E-state index in [1.54, 1.807) is 0 Å². The summed E-state index contributed by atoms with van der Waals surface area (Å²) in [5, 5.41) is 52.0. The number of nitrogens with one attached hydrogen (secondary N) is 6. The van der Waals surface area contributed by atoms with Gasteiger partial charge in [-0.2, -0.15) is 0 Å². The van der Waals surface area contributed by atoms with Crippen LogP contribution >= 0.6 is 0 Å². The lowest BCUT2D eigenvalue weighted by molar-refractivity contribution is -0.234. The molecule has 4 saturated carbocycles. The van der Waals surface area contributed by atoms with Crippen molar-refractivity contribution in [2.75, 3.05) is 13.1 Å². The summed E-state index contributed by atoms with van der Waals surface area (Å²) < 4.78 is 0. The number of amides is 3. The van der Waals surface area contributed by atoms with Crippen LogP contribution in [0.1, 0.15) is 51.4 Å². The number of hydrogen-bond donors (Lipinski definition) is 8. The SMILES string of the molecule is N=C1NC2[C@H](CN3C(=O)CCC3=O)NC(=N)N3CC(NC(=O)C45CC6CC(CC(C6)C4)C5)C(O)(O)C23N1. The minimum atomic E-state index is -2.56. The van der Waals surface area contributed by atoms with Crippen molar-refractivity contribution in [1.82, 2.24) is 31.1 Å². The van der Waals surface area contributed by atoms with Crippen molar-refractivity contribution in [1.29, 1.82) is 10.8 Å². The molecule has 0 aromatic rings. The molecule has 3 amide bonds. The molecule has 8 aliphatic rings. The van der Waals surface area contributed by atoms with Crippen LogP contribution in [-0.2, 0) is 14.4 Å². The van der Waals surface area contributed by atoms with Gasteiger partial charge in [0.15, 0.2) is 17.6 Å². The van der Waals surface area contributed by atoms with Gasteiger partial charge in [0, 0.05) is 24.8 Å². The molecule has 4 saturated heterocycles. The first-order valence-corrected chi connectivity index (χ1v) is 13.4. The van der Waals surface area contributed by atoms with Gasteiger partial charge >= 0.3 is 0 Å². The van der Waals surface area contributed by atoms with E-state index in [1.807, 2.05) is 0 Å². The van der Waals surface area contributed by atoms with Crippen LogP contribution in [0.3, 0.4) is 0 Å². The highest BCUT2D eigenvalue weighted by molar-refractivity contribution is 6.02. The van der Waals surface area contributed by atoms with E-state index in [-0.39, 0.29) is 55.6 Å². The average Bonchev–Trinajstić information content (AvgIpc) is 3.41. The number of nitrogens with zero attached hydrogens (tertiary/aromatic N) is 2. The van der Waals surface area contributed by atoms with E-state index in [1.165, 1.54) is 24.2 Å². The Morgan fingerprint density at radius 2 is 1.59 bits per heavy atom. The van der Waals surface area contributed by atoms with E-state index < -0.39 is 35.0 Å². The van der Waals surface area contributed by atoms with E-state index in [0.29, 0.717) is 17.8 Å². The monoisotopic (exact) mass is 514 g/mol. The number of aliphatic hydroxyl groups is 2. The zero-order valence-electron chi connectivity index (χ0n) is 20.5. The normalized spacial score (nSPS) is 44.9. The predicted molar refractivity (Wildman–Crippen MR) is 128 cm³/mol. The number of carbonyl (C=O) groups excluding carboxylic acids is 3. The van der Waals surface area contributed by atoms with Gasteiger partial charge in [-0.05, 0) is 56.3 Å². The fraction of sp³-hybridized carbons (Fsp3) is 0.792. The minimum Gasteiger partial charge on any atom is -0.361 e. The third kappa shape index (κ3) is 3.01. The number of likely N-dealkylation sites (tertiary alicyclic amines) is 1. The molecule has 13 heteroatoms. The molecule has 37 heavy (non-hydrogen) atoms. The Bertz CT molecular complexity index is 1070. The first kappa shape index (κ1) is 23.2. The van der Waals surface area contributed by atoms with Gasteiger partial charge in [-0.25, -0.2) is 0 Å². The first-order chi connectivity index (χ1) is 17.5. The Labute approximate surface area is 213 Å². The van der Waals surface area contributed by atoms with Gasteiger partial charge in [0.05, 0.1) is 18.6 Å².